The molecule has 2 aliphatic carbocycles. The topological polar surface area (TPSA) is 15.3 Å². The largest absolute Gasteiger partial charge is 0.314 e. The summed E-state index contributed by atoms with van der Waals surface area (Å²) in [4.78, 5) is 2.76. The van der Waals surface area contributed by atoms with Gasteiger partial charge < -0.3 is 10.2 Å². The molecule has 0 aliphatic heterocycles. The Hall–Kier alpha value is -0.0800. The summed E-state index contributed by atoms with van der Waals surface area (Å²) in [7, 11) is 0. The lowest BCUT2D eigenvalue weighted by molar-refractivity contribution is 0.206. The summed E-state index contributed by atoms with van der Waals surface area (Å²) < 4.78 is 0. The fourth-order valence-electron chi connectivity index (χ4n) is 3.42. The Morgan fingerprint density at radius 3 is 2.50 bits per heavy atom. The van der Waals surface area contributed by atoms with Gasteiger partial charge >= 0.3 is 0 Å². The maximum absolute atomic E-state index is 3.77. The lowest BCUT2D eigenvalue weighted by Crippen LogP contribution is -2.40. The molecule has 18 heavy (non-hydrogen) atoms. The van der Waals surface area contributed by atoms with E-state index in [-0.39, 0.29) is 0 Å². The molecule has 0 spiro atoms. The summed E-state index contributed by atoms with van der Waals surface area (Å²) in [5, 5.41) is 3.77. The van der Waals surface area contributed by atoms with Crippen molar-refractivity contribution in [3.8, 4) is 0 Å². The molecule has 0 amide bonds. The van der Waals surface area contributed by atoms with Gasteiger partial charge in [0.25, 0.3) is 0 Å². The third-order valence-corrected chi connectivity index (χ3v) is 4.56. The molecule has 0 heterocycles. The molecule has 0 bridgehead atoms. The van der Waals surface area contributed by atoms with Crippen molar-refractivity contribution < 1.29 is 0 Å². The molecular weight excluding hydrogens is 220 g/mol. The van der Waals surface area contributed by atoms with E-state index in [4.69, 9.17) is 0 Å². The van der Waals surface area contributed by atoms with Crippen molar-refractivity contribution in [2.24, 2.45) is 11.8 Å². The fourth-order valence-corrected chi connectivity index (χ4v) is 3.42. The molecule has 2 unspecified atom stereocenters. The highest BCUT2D eigenvalue weighted by Gasteiger charge is 2.30. The molecule has 2 atom stereocenters. The van der Waals surface area contributed by atoms with Gasteiger partial charge in [-0.1, -0.05) is 20.3 Å². The van der Waals surface area contributed by atoms with Crippen LogP contribution in [0.25, 0.3) is 0 Å². The Morgan fingerprint density at radius 1 is 1.00 bits per heavy atom. The minimum atomic E-state index is 0.809. The van der Waals surface area contributed by atoms with Crippen LogP contribution in [0.1, 0.15) is 58.8 Å². The van der Waals surface area contributed by atoms with Gasteiger partial charge in [-0.3, -0.25) is 0 Å². The van der Waals surface area contributed by atoms with Gasteiger partial charge in [0.15, 0.2) is 0 Å². The summed E-state index contributed by atoms with van der Waals surface area (Å²) in [6.07, 6.45) is 9.86. The highest BCUT2D eigenvalue weighted by atomic mass is 15.1. The van der Waals surface area contributed by atoms with Crippen molar-refractivity contribution in [2.75, 3.05) is 26.2 Å². The van der Waals surface area contributed by atoms with E-state index in [0.717, 1.165) is 17.9 Å². The summed E-state index contributed by atoms with van der Waals surface area (Å²) in [5.74, 6) is 1.96. The number of nitrogens with one attached hydrogen (secondary N) is 1. The second-order valence-corrected chi connectivity index (χ2v) is 6.45. The second-order valence-electron chi connectivity index (χ2n) is 6.45. The van der Waals surface area contributed by atoms with E-state index in [0.29, 0.717) is 0 Å². The van der Waals surface area contributed by atoms with Gasteiger partial charge in [-0.05, 0) is 63.5 Å². The van der Waals surface area contributed by atoms with Crippen LogP contribution in [-0.2, 0) is 0 Å². The van der Waals surface area contributed by atoms with Crippen molar-refractivity contribution in [1.82, 2.24) is 10.2 Å². The van der Waals surface area contributed by atoms with Crippen LogP contribution in [0.4, 0.5) is 0 Å². The van der Waals surface area contributed by atoms with Crippen molar-refractivity contribution >= 4 is 0 Å². The number of nitrogens with zero attached hydrogens (tertiary/aromatic N) is 1. The molecule has 0 radical (unpaired) electrons. The number of hydrogen-bond acceptors (Lipinski definition) is 2. The molecule has 0 aromatic rings. The molecule has 106 valence electrons. The first-order valence-electron chi connectivity index (χ1n) is 8.29. The third-order valence-electron chi connectivity index (χ3n) is 4.56. The van der Waals surface area contributed by atoms with Crippen molar-refractivity contribution in [3.63, 3.8) is 0 Å². The van der Waals surface area contributed by atoms with Gasteiger partial charge in [0.2, 0.25) is 0 Å². The fraction of sp³-hybridized carbons (Fsp3) is 1.00. The predicted octanol–water partition coefficient (Wildman–Crippen LogP) is 3.28. The van der Waals surface area contributed by atoms with Gasteiger partial charge in [-0.2, -0.15) is 0 Å². The SMILES string of the molecule is CCCNC1CCCC1CN(CCC)CC1CC1. The minimum Gasteiger partial charge on any atom is -0.314 e. The van der Waals surface area contributed by atoms with E-state index in [1.165, 1.54) is 71.1 Å². The van der Waals surface area contributed by atoms with E-state index in [2.05, 4.69) is 24.1 Å². The van der Waals surface area contributed by atoms with E-state index >= 15 is 0 Å². The van der Waals surface area contributed by atoms with E-state index < -0.39 is 0 Å². The highest BCUT2D eigenvalue weighted by Crippen LogP contribution is 2.32. The minimum absolute atomic E-state index is 0.809. The summed E-state index contributed by atoms with van der Waals surface area (Å²) in [5.41, 5.74) is 0. The van der Waals surface area contributed by atoms with Gasteiger partial charge in [-0.25, -0.2) is 0 Å². The van der Waals surface area contributed by atoms with Gasteiger partial charge in [-0.15, -0.1) is 0 Å². The molecule has 2 heteroatoms. The van der Waals surface area contributed by atoms with Crippen LogP contribution in [0, 0.1) is 11.8 Å². The van der Waals surface area contributed by atoms with Crippen LogP contribution in [0.15, 0.2) is 0 Å². The smallest absolute Gasteiger partial charge is 0.0107 e. The molecule has 2 saturated carbocycles. The lowest BCUT2D eigenvalue weighted by atomic mass is 10.0. The predicted molar refractivity (Wildman–Crippen MR) is 78.9 cm³/mol. The van der Waals surface area contributed by atoms with E-state index in [9.17, 15) is 0 Å². The van der Waals surface area contributed by atoms with Crippen LogP contribution in [-0.4, -0.2) is 37.1 Å². The van der Waals surface area contributed by atoms with E-state index in [1.807, 2.05) is 0 Å². The number of rotatable bonds is 9. The van der Waals surface area contributed by atoms with Gasteiger partial charge in [0, 0.05) is 19.1 Å². The first kappa shape index (κ1) is 14.3. The Morgan fingerprint density at radius 2 is 1.83 bits per heavy atom. The molecule has 2 nitrogen and oxygen atoms in total. The standard InChI is InChI=1S/C16H32N2/c1-3-10-17-16-7-5-6-15(16)13-18(11-4-2)12-14-8-9-14/h14-17H,3-13H2,1-2H3. The van der Waals surface area contributed by atoms with Crippen LogP contribution >= 0.6 is 0 Å². The Kier molecular flexibility index (Phi) is 5.97. The monoisotopic (exact) mass is 252 g/mol. The normalized spacial score (nSPS) is 28.2. The number of hydrogen-bond donors (Lipinski definition) is 1. The van der Waals surface area contributed by atoms with Crippen molar-refractivity contribution in [3.05, 3.63) is 0 Å². The Bertz CT molecular complexity index is 225. The van der Waals surface area contributed by atoms with Crippen LogP contribution in [0.2, 0.25) is 0 Å². The molecule has 2 aliphatic rings. The van der Waals surface area contributed by atoms with Crippen LogP contribution in [0.3, 0.4) is 0 Å². The van der Waals surface area contributed by atoms with Gasteiger partial charge in [0.1, 0.15) is 0 Å². The van der Waals surface area contributed by atoms with Crippen molar-refractivity contribution in [2.45, 2.75) is 64.8 Å². The molecular formula is C16H32N2. The Labute approximate surface area is 114 Å². The first-order valence-corrected chi connectivity index (χ1v) is 8.29. The molecule has 0 aromatic carbocycles. The first-order chi connectivity index (χ1) is 8.83. The maximum Gasteiger partial charge on any atom is 0.0107 e. The highest BCUT2D eigenvalue weighted by molar-refractivity contribution is 4.86. The molecule has 2 fully saturated rings. The zero-order valence-corrected chi connectivity index (χ0v) is 12.5. The summed E-state index contributed by atoms with van der Waals surface area (Å²) in [6.45, 7) is 9.84. The molecule has 0 saturated heterocycles. The maximum atomic E-state index is 3.77. The van der Waals surface area contributed by atoms with Crippen LogP contribution in [0.5, 0.6) is 0 Å². The average molecular weight is 252 g/mol. The lowest BCUT2D eigenvalue weighted by Gasteiger charge is -2.29. The van der Waals surface area contributed by atoms with Gasteiger partial charge in [0.05, 0.1) is 0 Å². The van der Waals surface area contributed by atoms with Crippen LogP contribution < -0.4 is 5.32 Å². The average Bonchev–Trinajstić information content (AvgIpc) is 3.06. The zero-order valence-electron chi connectivity index (χ0n) is 12.5. The summed E-state index contributed by atoms with van der Waals surface area (Å²) in [6, 6.07) is 0.809. The second kappa shape index (κ2) is 7.49. The molecule has 2 rings (SSSR count). The third kappa shape index (κ3) is 4.55. The zero-order chi connectivity index (χ0) is 12.8. The van der Waals surface area contributed by atoms with E-state index in [1.54, 1.807) is 0 Å². The summed E-state index contributed by atoms with van der Waals surface area (Å²) >= 11 is 0. The Balaban J connectivity index is 1.76. The molecule has 0 aromatic heterocycles. The quantitative estimate of drug-likeness (QED) is 0.677. The van der Waals surface area contributed by atoms with Crippen molar-refractivity contribution in [1.29, 1.82) is 0 Å². The molecule has 1 N–H and O–H groups in total.